The number of nitrogens with one attached hydrogen (secondary N) is 1. The molecule has 1 aliphatic heterocycles. The molecule has 1 amide bonds. The van der Waals surface area contributed by atoms with Crippen molar-refractivity contribution in [1.29, 1.82) is 0 Å². The molecule has 0 aromatic heterocycles. The van der Waals surface area contributed by atoms with E-state index in [1.165, 1.54) is 0 Å². The molecule has 1 atom stereocenters. The van der Waals surface area contributed by atoms with Crippen molar-refractivity contribution >= 4 is 34.9 Å². The molecule has 1 saturated heterocycles. The number of nitrogens with two attached hydrogens (primary N) is 1. The van der Waals surface area contributed by atoms with Gasteiger partial charge < -0.3 is 11.1 Å². The number of carbonyl (C=O) groups excluding carboxylic acids is 1. The van der Waals surface area contributed by atoms with Crippen LogP contribution in [-0.4, -0.2) is 27.4 Å². The van der Waals surface area contributed by atoms with E-state index < -0.39 is 5.54 Å². The first-order valence-electron chi connectivity index (χ1n) is 4.67. The second kappa shape index (κ2) is 4.49. The number of hydrogen-bond donors (Lipinski definition) is 2. The van der Waals surface area contributed by atoms with Gasteiger partial charge in [-0.3, -0.25) is 4.79 Å². The van der Waals surface area contributed by atoms with Gasteiger partial charge in [-0.15, -0.1) is 11.8 Å². The van der Waals surface area contributed by atoms with Crippen LogP contribution in [0.2, 0.25) is 0 Å². The van der Waals surface area contributed by atoms with Gasteiger partial charge >= 0.3 is 0 Å². The summed E-state index contributed by atoms with van der Waals surface area (Å²) in [7, 11) is 0. The van der Waals surface area contributed by atoms with Gasteiger partial charge in [0.1, 0.15) is 0 Å². The summed E-state index contributed by atoms with van der Waals surface area (Å²) in [6.45, 7) is 3.65. The van der Waals surface area contributed by atoms with Gasteiger partial charge in [-0.25, -0.2) is 0 Å². The second-order valence-corrected chi connectivity index (χ2v) is 5.73. The number of thioether (sulfide) groups is 1. The molecule has 1 fully saturated rings. The second-order valence-electron chi connectivity index (χ2n) is 3.98. The van der Waals surface area contributed by atoms with E-state index in [-0.39, 0.29) is 11.2 Å². The molecule has 1 unspecified atom stereocenters. The molecule has 3 N–H and O–H groups in total. The molecule has 0 aromatic rings. The molecule has 1 heterocycles. The first kappa shape index (κ1) is 11.8. The highest BCUT2D eigenvalue weighted by Crippen LogP contribution is 2.26. The first-order valence-corrected chi connectivity index (χ1v) is 6.13. The van der Waals surface area contributed by atoms with E-state index in [9.17, 15) is 4.79 Å². The van der Waals surface area contributed by atoms with Gasteiger partial charge in [0.05, 0.1) is 15.8 Å². The molecular formula is C9H16N2OS2. The molecule has 0 spiro atoms. The van der Waals surface area contributed by atoms with E-state index in [1.54, 1.807) is 11.8 Å². The molecule has 0 bridgehead atoms. The van der Waals surface area contributed by atoms with Gasteiger partial charge in [0.25, 0.3) is 0 Å². The van der Waals surface area contributed by atoms with Gasteiger partial charge in [0.15, 0.2) is 0 Å². The van der Waals surface area contributed by atoms with Gasteiger partial charge in [0.2, 0.25) is 5.91 Å². The van der Waals surface area contributed by atoms with Gasteiger partial charge in [-0.2, -0.15) is 0 Å². The van der Waals surface area contributed by atoms with Crippen LogP contribution < -0.4 is 11.1 Å². The van der Waals surface area contributed by atoms with E-state index in [0.717, 1.165) is 18.6 Å². The summed E-state index contributed by atoms with van der Waals surface area (Å²) in [5, 5.41) is 2.96. The fourth-order valence-electron chi connectivity index (χ4n) is 1.23. The third kappa shape index (κ3) is 2.85. The summed E-state index contributed by atoms with van der Waals surface area (Å²) in [4.78, 5) is 12.0. The maximum Gasteiger partial charge on any atom is 0.233 e. The van der Waals surface area contributed by atoms with Crippen molar-refractivity contribution in [3.8, 4) is 0 Å². The fraction of sp³-hybridized carbons (Fsp3) is 0.778. The molecule has 14 heavy (non-hydrogen) atoms. The summed E-state index contributed by atoms with van der Waals surface area (Å²) in [6, 6.07) is 0. The summed E-state index contributed by atoms with van der Waals surface area (Å²) in [6.07, 6.45) is 2.08. The minimum Gasteiger partial charge on any atom is -0.391 e. The van der Waals surface area contributed by atoms with E-state index in [0.29, 0.717) is 4.99 Å². The van der Waals surface area contributed by atoms with Crippen LogP contribution in [0.4, 0.5) is 0 Å². The Bertz CT molecular complexity index is 247. The molecular weight excluding hydrogens is 216 g/mol. The van der Waals surface area contributed by atoms with Crippen molar-refractivity contribution in [2.24, 2.45) is 5.73 Å². The zero-order chi connectivity index (χ0) is 10.8. The number of hydrogen-bond acceptors (Lipinski definition) is 3. The Morgan fingerprint density at radius 3 is 2.71 bits per heavy atom. The molecule has 0 aromatic carbocycles. The van der Waals surface area contributed by atoms with Crippen molar-refractivity contribution < 1.29 is 4.79 Å². The predicted octanol–water partition coefficient (Wildman–Crippen LogP) is 1.06. The van der Waals surface area contributed by atoms with Crippen LogP contribution in [0.15, 0.2) is 0 Å². The maximum atomic E-state index is 11.7. The molecule has 0 saturated carbocycles. The lowest BCUT2D eigenvalue weighted by Crippen LogP contribution is -2.54. The largest absolute Gasteiger partial charge is 0.391 e. The van der Waals surface area contributed by atoms with Gasteiger partial charge in [-0.05, 0) is 32.4 Å². The topological polar surface area (TPSA) is 55.1 Å². The lowest BCUT2D eigenvalue weighted by molar-refractivity contribution is -0.121. The number of carbonyl (C=O) groups is 1. The Morgan fingerprint density at radius 1 is 1.64 bits per heavy atom. The SMILES string of the molecule is CC(C)(NC(=O)C1CCCS1)C(N)=S. The van der Waals surface area contributed by atoms with Crippen molar-refractivity contribution in [1.82, 2.24) is 5.32 Å². The van der Waals surface area contributed by atoms with Crippen LogP contribution in [0.5, 0.6) is 0 Å². The third-order valence-electron chi connectivity index (χ3n) is 2.27. The monoisotopic (exact) mass is 232 g/mol. The van der Waals surface area contributed by atoms with E-state index in [1.807, 2.05) is 13.8 Å². The molecule has 5 heteroatoms. The van der Waals surface area contributed by atoms with Crippen LogP contribution in [0, 0.1) is 0 Å². The first-order chi connectivity index (χ1) is 6.43. The Hall–Kier alpha value is -0.290. The molecule has 3 nitrogen and oxygen atoms in total. The third-order valence-corrected chi connectivity index (χ3v) is 4.16. The standard InChI is InChI=1S/C9H16N2OS2/c1-9(2,8(10)13)11-7(12)6-4-3-5-14-6/h6H,3-5H2,1-2H3,(H2,10,13)(H,11,12). The Morgan fingerprint density at radius 2 is 2.29 bits per heavy atom. The molecule has 80 valence electrons. The molecule has 0 aliphatic carbocycles. The Balaban J connectivity index is 2.51. The summed E-state index contributed by atoms with van der Waals surface area (Å²) in [5.41, 5.74) is 4.95. The quantitative estimate of drug-likeness (QED) is 0.715. The molecule has 1 rings (SSSR count). The Kier molecular flexibility index (Phi) is 3.78. The number of amides is 1. The van der Waals surface area contributed by atoms with E-state index in [2.05, 4.69) is 5.32 Å². The van der Waals surface area contributed by atoms with Crippen LogP contribution in [0.1, 0.15) is 26.7 Å². The van der Waals surface area contributed by atoms with Crippen LogP contribution in [0.25, 0.3) is 0 Å². The summed E-state index contributed by atoms with van der Waals surface area (Å²) >= 11 is 6.59. The zero-order valence-corrected chi connectivity index (χ0v) is 10.1. The summed E-state index contributed by atoms with van der Waals surface area (Å²) < 4.78 is 0. The highest BCUT2D eigenvalue weighted by molar-refractivity contribution is 8.00. The minimum absolute atomic E-state index is 0.0605. The van der Waals surface area contributed by atoms with Crippen LogP contribution in [0.3, 0.4) is 0 Å². The Labute approximate surface area is 94.2 Å². The smallest absolute Gasteiger partial charge is 0.233 e. The number of thiocarbonyl (C=S) groups is 1. The van der Waals surface area contributed by atoms with E-state index in [4.69, 9.17) is 18.0 Å². The van der Waals surface area contributed by atoms with Crippen molar-refractivity contribution in [3.63, 3.8) is 0 Å². The lowest BCUT2D eigenvalue weighted by atomic mass is 10.1. The summed E-state index contributed by atoms with van der Waals surface area (Å²) in [5.74, 6) is 1.14. The highest BCUT2D eigenvalue weighted by Gasteiger charge is 2.29. The van der Waals surface area contributed by atoms with Crippen LogP contribution >= 0.6 is 24.0 Å². The van der Waals surface area contributed by atoms with Gasteiger partial charge in [0, 0.05) is 0 Å². The maximum absolute atomic E-state index is 11.7. The molecule has 1 aliphatic rings. The molecule has 0 radical (unpaired) electrons. The van der Waals surface area contributed by atoms with Crippen LogP contribution in [-0.2, 0) is 4.79 Å². The number of rotatable bonds is 3. The highest BCUT2D eigenvalue weighted by atomic mass is 32.2. The minimum atomic E-state index is -0.574. The average Bonchev–Trinajstić information content (AvgIpc) is 2.54. The van der Waals surface area contributed by atoms with Crippen molar-refractivity contribution in [3.05, 3.63) is 0 Å². The normalized spacial score (nSPS) is 22.0. The fourth-order valence-corrected chi connectivity index (χ4v) is 2.45. The van der Waals surface area contributed by atoms with E-state index >= 15 is 0 Å². The van der Waals surface area contributed by atoms with Gasteiger partial charge in [-0.1, -0.05) is 12.2 Å². The predicted molar refractivity (Wildman–Crippen MR) is 64.5 cm³/mol. The average molecular weight is 232 g/mol. The zero-order valence-electron chi connectivity index (χ0n) is 8.50. The lowest BCUT2D eigenvalue weighted by Gasteiger charge is -2.26. The van der Waals surface area contributed by atoms with Crippen molar-refractivity contribution in [2.75, 3.05) is 5.75 Å². The van der Waals surface area contributed by atoms with Crippen molar-refractivity contribution in [2.45, 2.75) is 37.5 Å².